The van der Waals surface area contributed by atoms with E-state index in [1.807, 2.05) is 23.9 Å². The van der Waals surface area contributed by atoms with Gasteiger partial charge in [0.1, 0.15) is 5.82 Å². The number of hydrogen-bond acceptors (Lipinski definition) is 6. The van der Waals surface area contributed by atoms with E-state index < -0.39 is 0 Å². The van der Waals surface area contributed by atoms with Crippen molar-refractivity contribution in [2.45, 2.75) is 41.8 Å². The molecule has 0 unspecified atom stereocenters. The summed E-state index contributed by atoms with van der Waals surface area (Å²) in [6.07, 6.45) is 6.69. The van der Waals surface area contributed by atoms with E-state index in [1.165, 1.54) is 25.7 Å². The molecule has 1 aliphatic carbocycles. The molecule has 1 N–H and O–H groups in total. The molecule has 2 heterocycles. The fraction of sp³-hybridized carbons (Fsp3) is 0.500. The first-order valence-electron chi connectivity index (χ1n) is 6.46. The highest BCUT2D eigenvalue weighted by Crippen LogP contribution is 2.33. The normalized spacial score (nSPS) is 15.8. The van der Waals surface area contributed by atoms with Crippen molar-refractivity contribution in [2.75, 3.05) is 12.4 Å². The summed E-state index contributed by atoms with van der Waals surface area (Å²) in [5.74, 6) is 0.852. The maximum absolute atomic E-state index is 4.20. The summed E-state index contributed by atoms with van der Waals surface area (Å²) in [6, 6.07) is 4.43. The Kier molecular flexibility index (Phi) is 3.63. The molecule has 1 saturated carbocycles. The third-order valence-electron chi connectivity index (χ3n) is 3.33. The molecule has 1 fully saturated rings. The largest absolute Gasteiger partial charge is 0.373 e. The lowest BCUT2D eigenvalue weighted by Crippen LogP contribution is -2.08. The van der Waals surface area contributed by atoms with Gasteiger partial charge in [-0.1, -0.05) is 12.8 Å². The lowest BCUT2D eigenvalue weighted by Gasteiger charge is -2.10. The number of rotatable bonds is 4. The fourth-order valence-corrected chi connectivity index (χ4v) is 3.21. The molecule has 7 heteroatoms. The maximum Gasteiger partial charge on any atom is 0.214 e. The molecule has 6 nitrogen and oxygen atoms in total. The Morgan fingerprint density at radius 1 is 1.37 bits per heavy atom. The van der Waals surface area contributed by atoms with Crippen molar-refractivity contribution in [3.8, 4) is 0 Å². The number of nitrogens with one attached hydrogen (secondary N) is 1. The van der Waals surface area contributed by atoms with Crippen molar-refractivity contribution in [3.63, 3.8) is 0 Å². The number of tetrazole rings is 1. The first kappa shape index (κ1) is 12.4. The van der Waals surface area contributed by atoms with Gasteiger partial charge in [0.05, 0.1) is 6.04 Å². The zero-order valence-electron chi connectivity index (χ0n) is 10.8. The van der Waals surface area contributed by atoms with Crippen LogP contribution in [0, 0.1) is 0 Å². The average molecular weight is 276 g/mol. The molecule has 3 rings (SSSR count). The number of anilines is 1. The lowest BCUT2D eigenvalue weighted by molar-refractivity contribution is 0.423. The summed E-state index contributed by atoms with van der Waals surface area (Å²) >= 11 is 1.58. The monoisotopic (exact) mass is 276 g/mol. The Morgan fingerprint density at radius 2 is 2.21 bits per heavy atom. The first-order valence-corrected chi connectivity index (χ1v) is 7.28. The van der Waals surface area contributed by atoms with Crippen molar-refractivity contribution in [2.24, 2.45) is 0 Å². The van der Waals surface area contributed by atoms with Crippen LogP contribution in [0.2, 0.25) is 0 Å². The van der Waals surface area contributed by atoms with Crippen LogP contribution in [0.25, 0.3) is 0 Å². The standard InChI is InChI=1S/C12H16N6S/c1-13-11-8-10(6-7-14-11)19-12-15-16-17-18(12)9-4-2-3-5-9/h6-9H,2-5H2,1H3,(H,13,14). The summed E-state index contributed by atoms with van der Waals surface area (Å²) < 4.78 is 1.97. The van der Waals surface area contributed by atoms with Crippen molar-refractivity contribution in [1.82, 2.24) is 25.2 Å². The van der Waals surface area contributed by atoms with Crippen LogP contribution in [0.15, 0.2) is 28.4 Å². The Labute approximate surface area is 116 Å². The van der Waals surface area contributed by atoms with Crippen LogP contribution in [0.3, 0.4) is 0 Å². The highest BCUT2D eigenvalue weighted by molar-refractivity contribution is 7.99. The van der Waals surface area contributed by atoms with Gasteiger partial charge in [-0.2, -0.15) is 0 Å². The molecule has 100 valence electrons. The highest BCUT2D eigenvalue weighted by Gasteiger charge is 2.21. The molecule has 0 spiro atoms. The number of nitrogens with zero attached hydrogens (tertiary/aromatic N) is 5. The van der Waals surface area contributed by atoms with Crippen LogP contribution < -0.4 is 5.32 Å². The summed E-state index contributed by atoms with van der Waals surface area (Å²) in [6.45, 7) is 0. The molecular weight excluding hydrogens is 260 g/mol. The summed E-state index contributed by atoms with van der Waals surface area (Å²) in [4.78, 5) is 5.30. The molecule has 0 saturated heterocycles. The van der Waals surface area contributed by atoms with E-state index in [0.717, 1.165) is 15.9 Å². The maximum atomic E-state index is 4.20. The molecule has 0 bridgehead atoms. The molecule has 0 aromatic carbocycles. The van der Waals surface area contributed by atoms with Gasteiger partial charge < -0.3 is 5.32 Å². The van der Waals surface area contributed by atoms with Gasteiger partial charge in [0.2, 0.25) is 5.16 Å². The van der Waals surface area contributed by atoms with Crippen molar-refractivity contribution in [1.29, 1.82) is 0 Å². The Hall–Kier alpha value is -1.63. The van der Waals surface area contributed by atoms with Gasteiger partial charge >= 0.3 is 0 Å². The molecule has 0 radical (unpaired) electrons. The lowest BCUT2D eigenvalue weighted by atomic mass is 10.3. The minimum absolute atomic E-state index is 0.461. The van der Waals surface area contributed by atoms with Crippen LogP contribution >= 0.6 is 11.8 Å². The predicted molar refractivity (Wildman–Crippen MR) is 73.2 cm³/mol. The number of pyridine rings is 1. The van der Waals surface area contributed by atoms with E-state index in [0.29, 0.717) is 6.04 Å². The van der Waals surface area contributed by atoms with Gasteiger partial charge in [-0.05, 0) is 47.2 Å². The zero-order chi connectivity index (χ0) is 13.1. The second-order valence-corrected chi connectivity index (χ2v) is 5.61. The van der Waals surface area contributed by atoms with E-state index >= 15 is 0 Å². The van der Waals surface area contributed by atoms with Gasteiger partial charge in [-0.15, -0.1) is 5.10 Å². The molecule has 2 aromatic heterocycles. The van der Waals surface area contributed by atoms with Crippen LogP contribution in [-0.4, -0.2) is 32.2 Å². The van der Waals surface area contributed by atoms with E-state index in [4.69, 9.17) is 0 Å². The predicted octanol–water partition coefficient (Wildman–Crippen LogP) is 2.38. The Balaban J connectivity index is 1.81. The molecule has 0 amide bonds. The zero-order valence-corrected chi connectivity index (χ0v) is 11.6. The summed E-state index contributed by atoms with van der Waals surface area (Å²) in [5, 5.41) is 16.0. The van der Waals surface area contributed by atoms with Gasteiger partial charge in [0, 0.05) is 18.1 Å². The molecule has 2 aromatic rings. The van der Waals surface area contributed by atoms with E-state index in [1.54, 1.807) is 18.0 Å². The molecule has 19 heavy (non-hydrogen) atoms. The fourth-order valence-electron chi connectivity index (χ4n) is 2.35. The topological polar surface area (TPSA) is 68.5 Å². The third kappa shape index (κ3) is 2.70. The second kappa shape index (κ2) is 5.56. The molecule has 1 aliphatic rings. The molecule has 0 aliphatic heterocycles. The van der Waals surface area contributed by atoms with Gasteiger partial charge in [-0.3, -0.25) is 0 Å². The third-order valence-corrected chi connectivity index (χ3v) is 4.27. The van der Waals surface area contributed by atoms with Crippen LogP contribution in [-0.2, 0) is 0 Å². The number of aromatic nitrogens is 5. The van der Waals surface area contributed by atoms with Gasteiger partial charge in [-0.25, -0.2) is 9.67 Å². The first-order chi connectivity index (χ1) is 9.36. The Bertz CT molecular complexity index is 549. The van der Waals surface area contributed by atoms with Gasteiger partial charge in [0.15, 0.2) is 0 Å². The van der Waals surface area contributed by atoms with Gasteiger partial charge in [0.25, 0.3) is 0 Å². The minimum Gasteiger partial charge on any atom is -0.373 e. The summed E-state index contributed by atoms with van der Waals surface area (Å²) in [7, 11) is 1.86. The molecule has 0 atom stereocenters. The van der Waals surface area contributed by atoms with Crippen molar-refractivity contribution in [3.05, 3.63) is 18.3 Å². The smallest absolute Gasteiger partial charge is 0.214 e. The second-order valence-electron chi connectivity index (χ2n) is 4.57. The van der Waals surface area contributed by atoms with Crippen molar-refractivity contribution >= 4 is 17.6 Å². The number of hydrogen-bond donors (Lipinski definition) is 1. The van der Waals surface area contributed by atoms with E-state index in [-0.39, 0.29) is 0 Å². The summed E-state index contributed by atoms with van der Waals surface area (Å²) in [5.41, 5.74) is 0. The average Bonchev–Trinajstić information content (AvgIpc) is 3.09. The Morgan fingerprint density at radius 3 is 3.00 bits per heavy atom. The van der Waals surface area contributed by atoms with Crippen molar-refractivity contribution < 1.29 is 0 Å². The van der Waals surface area contributed by atoms with Crippen LogP contribution in [0.5, 0.6) is 0 Å². The molecular formula is C12H16N6S. The highest BCUT2D eigenvalue weighted by atomic mass is 32.2. The van der Waals surface area contributed by atoms with E-state index in [2.05, 4.69) is 25.8 Å². The van der Waals surface area contributed by atoms with Crippen LogP contribution in [0.1, 0.15) is 31.7 Å². The SMILES string of the molecule is CNc1cc(Sc2nnnn2C2CCCC2)ccn1. The van der Waals surface area contributed by atoms with Crippen LogP contribution in [0.4, 0.5) is 5.82 Å². The van der Waals surface area contributed by atoms with E-state index in [9.17, 15) is 0 Å². The minimum atomic E-state index is 0.461. The quantitative estimate of drug-likeness (QED) is 0.924.